The summed E-state index contributed by atoms with van der Waals surface area (Å²) in [6.07, 6.45) is 2.24. The molecule has 2 rings (SSSR count). The molecule has 0 spiro atoms. The molecule has 0 unspecified atom stereocenters. The van der Waals surface area contributed by atoms with E-state index in [0.717, 1.165) is 12.8 Å². The fourth-order valence-electron chi connectivity index (χ4n) is 2.92. The van der Waals surface area contributed by atoms with Crippen LogP contribution in [0, 0.1) is 0 Å². The smallest absolute Gasteiger partial charge is 0.244 e. The molecule has 1 heterocycles. The van der Waals surface area contributed by atoms with Crippen molar-refractivity contribution in [1.29, 1.82) is 0 Å². The highest BCUT2D eigenvalue weighted by molar-refractivity contribution is 7.92. The standard InChI is InChI=1S/C17H24Cl2N2O5S2/c1-2-3-4-12-27(23,24)13-16(22)20-8-10-21(11-9-20)28(25,26)15-7-5-6-14(18)17(15)19/h5-7H,2-4,8-13H2,1H3. The summed E-state index contributed by atoms with van der Waals surface area (Å²) in [6.45, 7) is 2.35. The van der Waals surface area contributed by atoms with Gasteiger partial charge in [-0.15, -0.1) is 0 Å². The highest BCUT2D eigenvalue weighted by Crippen LogP contribution is 2.31. The van der Waals surface area contributed by atoms with E-state index in [0.29, 0.717) is 6.42 Å². The topological polar surface area (TPSA) is 91.8 Å². The van der Waals surface area contributed by atoms with Crippen LogP contribution < -0.4 is 0 Å². The van der Waals surface area contributed by atoms with Crippen LogP contribution in [-0.4, -0.2) is 69.6 Å². The van der Waals surface area contributed by atoms with Crippen LogP contribution in [0.1, 0.15) is 26.2 Å². The van der Waals surface area contributed by atoms with Crippen molar-refractivity contribution in [2.75, 3.05) is 37.7 Å². The van der Waals surface area contributed by atoms with Crippen LogP contribution in [0.25, 0.3) is 0 Å². The fourth-order valence-corrected chi connectivity index (χ4v) is 6.43. The number of rotatable bonds is 8. The lowest BCUT2D eigenvalue weighted by atomic mass is 10.3. The van der Waals surface area contributed by atoms with E-state index >= 15 is 0 Å². The van der Waals surface area contributed by atoms with Crippen molar-refractivity contribution >= 4 is 49.0 Å². The van der Waals surface area contributed by atoms with Gasteiger partial charge in [-0.3, -0.25) is 4.79 Å². The average Bonchev–Trinajstić information content (AvgIpc) is 2.63. The van der Waals surface area contributed by atoms with Gasteiger partial charge in [0, 0.05) is 26.2 Å². The normalized spacial score (nSPS) is 16.3. The summed E-state index contributed by atoms with van der Waals surface area (Å²) < 4.78 is 50.9. The Hall–Kier alpha value is -0.870. The SMILES string of the molecule is CCCCCS(=O)(=O)CC(=O)N1CCN(S(=O)(=O)c2cccc(Cl)c2Cl)CC1. The van der Waals surface area contributed by atoms with Crippen molar-refractivity contribution in [1.82, 2.24) is 9.21 Å². The maximum Gasteiger partial charge on any atom is 0.244 e. The third-order valence-corrected chi connectivity index (χ3v) is 9.00. The molecule has 11 heteroatoms. The fraction of sp³-hybridized carbons (Fsp3) is 0.588. The van der Waals surface area contributed by atoms with Crippen LogP contribution in [0.3, 0.4) is 0 Å². The molecule has 158 valence electrons. The minimum atomic E-state index is -3.85. The van der Waals surface area contributed by atoms with Crippen molar-refractivity contribution < 1.29 is 21.6 Å². The van der Waals surface area contributed by atoms with Crippen LogP contribution >= 0.6 is 23.2 Å². The maximum atomic E-state index is 12.8. The molecule has 28 heavy (non-hydrogen) atoms. The second-order valence-electron chi connectivity index (χ2n) is 6.64. The molecule has 7 nitrogen and oxygen atoms in total. The van der Waals surface area contributed by atoms with Crippen LogP contribution in [0.5, 0.6) is 0 Å². The van der Waals surface area contributed by atoms with Gasteiger partial charge in [0.1, 0.15) is 10.6 Å². The molecule has 1 fully saturated rings. The summed E-state index contributed by atoms with van der Waals surface area (Å²) in [6, 6.07) is 4.38. The second kappa shape index (κ2) is 9.75. The molecule has 1 aromatic carbocycles. The number of sulfonamides is 1. The number of unbranched alkanes of at least 4 members (excludes halogenated alkanes) is 2. The molecule has 0 aromatic heterocycles. The van der Waals surface area contributed by atoms with E-state index in [9.17, 15) is 21.6 Å². The van der Waals surface area contributed by atoms with Gasteiger partial charge in [-0.05, 0) is 18.6 Å². The second-order valence-corrected chi connectivity index (χ2v) is 11.5. The Kier molecular flexibility index (Phi) is 8.16. The van der Waals surface area contributed by atoms with Gasteiger partial charge >= 0.3 is 0 Å². The van der Waals surface area contributed by atoms with E-state index in [1.807, 2.05) is 6.92 Å². The molecule has 0 saturated carbocycles. The van der Waals surface area contributed by atoms with Gasteiger partial charge in [-0.25, -0.2) is 16.8 Å². The Morgan fingerprint density at radius 1 is 1.04 bits per heavy atom. The first-order valence-electron chi connectivity index (χ1n) is 9.01. The van der Waals surface area contributed by atoms with E-state index in [1.54, 1.807) is 0 Å². The Bertz CT molecular complexity index is 911. The quantitative estimate of drug-likeness (QED) is 0.543. The molecule has 1 aliphatic heterocycles. The highest BCUT2D eigenvalue weighted by Gasteiger charge is 2.32. The molecular formula is C17H24Cl2N2O5S2. The minimum absolute atomic E-state index is 0.00576. The van der Waals surface area contributed by atoms with Crippen molar-refractivity contribution in [2.24, 2.45) is 0 Å². The van der Waals surface area contributed by atoms with Gasteiger partial charge < -0.3 is 4.90 Å². The number of nitrogens with zero attached hydrogens (tertiary/aromatic N) is 2. The Labute approximate surface area is 176 Å². The third-order valence-electron chi connectivity index (χ3n) is 4.53. The number of amides is 1. The number of sulfone groups is 1. The molecule has 0 bridgehead atoms. The predicted octanol–water partition coefficient (Wildman–Crippen LogP) is 2.43. The molecular weight excluding hydrogens is 447 g/mol. The number of hydrogen-bond donors (Lipinski definition) is 0. The van der Waals surface area contributed by atoms with Gasteiger partial charge in [0.2, 0.25) is 15.9 Å². The molecule has 1 saturated heterocycles. The number of piperazine rings is 1. The molecule has 1 aromatic rings. The van der Waals surface area contributed by atoms with Gasteiger partial charge in [-0.1, -0.05) is 49.0 Å². The summed E-state index contributed by atoms with van der Waals surface area (Å²) >= 11 is 11.9. The van der Waals surface area contributed by atoms with Crippen molar-refractivity contribution in [3.63, 3.8) is 0 Å². The van der Waals surface area contributed by atoms with Gasteiger partial charge in [-0.2, -0.15) is 4.31 Å². The number of carbonyl (C=O) groups excluding carboxylic acids is 1. The van der Waals surface area contributed by atoms with Crippen LogP contribution in [0.4, 0.5) is 0 Å². The van der Waals surface area contributed by atoms with Crippen LogP contribution in [-0.2, 0) is 24.7 Å². The van der Waals surface area contributed by atoms with E-state index in [1.165, 1.54) is 27.4 Å². The average molecular weight is 471 g/mol. The summed E-state index contributed by atoms with van der Waals surface area (Å²) in [7, 11) is -7.31. The lowest BCUT2D eigenvalue weighted by Gasteiger charge is -2.34. The van der Waals surface area contributed by atoms with Crippen LogP contribution in [0.15, 0.2) is 23.1 Å². The van der Waals surface area contributed by atoms with Crippen molar-refractivity contribution in [3.05, 3.63) is 28.2 Å². The summed E-state index contributed by atoms with van der Waals surface area (Å²) in [5, 5.41) is 0.102. The maximum absolute atomic E-state index is 12.8. The lowest BCUT2D eigenvalue weighted by Crippen LogP contribution is -2.51. The first kappa shape index (κ1) is 23.4. The summed E-state index contributed by atoms with van der Waals surface area (Å²) in [5.74, 6) is -1.04. The van der Waals surface area contributed by atoms with E-state index in [-0.39, 0.29) is 46.9 Å². The van der Waals surface area contributed by atoms with Gasteiger partial charge in [0.05, 0.1) is 15.8 Å². The zero-order valence-corrected chi connectivity index (χ0v) is 18.7. The lowest BCUT2D eigenvalue weighted by molar-refractivity contribution is -0.129. The number of carbonyl (C=O) groups is 1. The van der Waals surface area contributed by atoms with Crippen molar-refractivity contribution in [2.45, 2.75) is 31.1 Å². The number of benzene rings is 1. The minimum Gasteiger partial charge on any atom is -0.339 e. The molecule has 1 aliphatic rings. The predicted molar refractivity (Wildman–Crippen MR) is 110 cm³/mol. The third kappa shape index (κ3) is 5.82. The summed E-state index contributed by atoms with van der Waals surface area (Å²) in [5.41, 5.74) is 0. The first-order valence-corrected chi connectivity index (χ1v) is 13.0. The van der Waals surface area contributed by atoms with E-state index < -0.39 is 31.5 Å². The molecule has 0 N–H and O–H groups in total. The zero-order valence-electron chi connectivity index (χ0n) is 15.6. The Balaban J connectivity index is 1.98. The molecule has 0 radical (unpaired) electrons. The monoisotopic (exact) mass is 470 g/mol. The van der Waals surface area contributed by atoms with Crippen LogP contribution in [0.2, 0.25) is 10.0 Å². The highest BCUT2D eigenvalue weighted by atomic mass is 35.5. The largest absolute Gasteiger partial charge is 0.339 e. The first-order chi connectivity index (χ1) is 13.1. The molecule has 1 amide bonds. The van der Waals surface area contributed by atoms with Gasteiger partial charge in [0.25, 0.3) is 0 Å². The van der Waals surface area contributed by atoms with Gasteiger partial charge in [0.15, 0.2) is 9.84 Å². The molecule has 0 aliphatic carbocycles. The number of halogens is 2. The molecule has 0 atom stereocenters. The summed E-state index contributed by atoms with van der Waals surface area (Å²) in [4.78, 5) is 13.6. The zero-order chi connectivity index (χ0) is 20.9. The Morgan fingerprint density at radius 3 is 2.29 bits per heavy atom. The van der Waals surface area contributed by atoms with E-state index in [2.05, 4.69) is 0 Å². The van der Waals surface area contributed by atoms with Crippen molar-refractivity contribution in [3.8, 4) is 0 Å². The Morgan fingerprint density at radius 2 is 1.68 bits per heavy atom. The number of hydrogen-bond acceptors (Lipinski definition) is 5. The van der Waals surface area contributed by atoms with E-state index in [4.69, 9.17) is 23.2 Å².